The molecule has 0 bridgehead atoms. The van der Waals surface area contributed by atoms with E-state index in [2.05, 4.69) is 51.9 Å². The maximum atomic E-state index is 12.5. The first kappa shape index (κ1) is 21.0. The molecule has 160 valence electrons. The number of fused-ring (bicyclic) bond motifs is 1. The zero-order valence-corrected chi connectivity index (χ0v) is 18.4. The number of unbranched alkanes of at least 4 members (excludes halogenated alkanes) is 1. The molecule has 3 aromatic rings. The van der Waals surface area contributed by atoms with Gasteiger partial charge in [-0.05, 0) is 24.1 Å². The van der Waals surface area contributed by atoms with E-state index >= 15 is 0 Å². The van der Waals surface area contributed by atoms with Crippen molar-refractivity contribution in [1.82, 2.24) is 18.8 Å². The average molecular weight is 427 g/mol. The highest BCUT2D eigenvalue weighted by atomic mass is 32.2. The van der Waals surface area contributed by atoms with Crippen LogP contribution in [0.2, 0.25) is 0 Å². The van der Waals surface area contributed by atoms with Gasteiger partial charge in [-0.25, -0.2) is 13.4 Å². The lowest BCUT2D eigenvalue weighted by atomic mass is 10.2. The molecule has 6 nitrogen and oxygen atoms in total. The minimum atomic E-state index is -3.13. The molecule has 1 aromatic heterocycles. The fourth-order valence-corrected chi connectivity index (χ4v) is 5.64. The van der Waals surface area contributed by atoms with Gasteiger partial charge in [0.15, 0.2) is 0 Å². The number of hydrogen-bond acceptors (Lipinski definition) is 4. The molecule has 0 radical (unpaired) electrons. The summed E-state index contributed by atoms with van der Waals surface area (Å²) in [6, 6.07) is 18.7. The van der Waals surface area contributed by atoms with Crippen LogP contribution in [-0.2, 0) is 23.1 Å². The van der Waals surface area contributed by atoms with E-state index in [1.165, 1.54) is 5.56 Å². The molecule has 0 saturated carbocycles. The summed E-state index contributed by atoms with van der Waals surface area (Å²) in [5.41, 5.74) is 3.38. The Morgan fingerprint density at radius 3 is 2.33 bits per heavy atom. The van der Waals surface area contributed by atoms with E-state index < -0.39 is 10.0 Å². The van der Waals surface area contributed by atoms with Gasteiger partial charge in [-0.1, -0.05) is 55.8 Å². The lowest BCUT2D eigenvalue weighted by Crippen LogP contribution is -2.49. The standard InChI is InChI=1S/C23H30N4O2S/c1-2-3-17-30(28,29)26-15-13-25(14-16-26)19-23-24-21-11-7-8-12-22(21)27(23)18-20-9-5-4-6-10-20/h4-12H,2-3,13-19H2,1H3. The van der Waals surface area contributed by atoms with Crippen molar-refractivity contribution in [2.45, 2.75) is 32.9 Å². The van der Waals surface area contributed by atoms with E-state index in [0.717, 1.165) is 55.9 Å². The highest BCUT2D eigenvalue weighted by Crippen LogP contribution is 2.20. The summed E-state index contributed by atoms with van der Waals surface area (Å²) >= 11 is 0. The van der Waals surface area contributed by atoms with Crippen molar-refractivity contribution in [2.24, 2.45) is 0 Å². The van der Waals surface area contributed by atoms with E-state index in [1.807, 2.05) is 19.1 Å². The van der Waals surface area contributed by atoms with Gasteiger partial charge in [-0.15, -0.1) is 0 Å². The number of rotatable bonds is 8. The molecule has 4 rings (SSSR count). The normalized spacial score (nSPS) is 16.3. The average Bonchev–Trinajstić information content (AvgIpc) is 3.10. The Morgan fingerprint density at radius 2 is 1.60 bits per heavy atom. The first-order chi connectivity index (χ1) is 14.6. The van der Waals surface area contributed by atoms with Gasteiger partial charge >= 0.3 is 0 Å². The van der Waals surface area contributed by atoms with Gasteiger partial charge in [-0.3, -0.25) is 4.90 Å². The minimum absolute atomic E-state index is 0.260. The van der Waals surface area contributed by atoms with Crippen LogP contribution >= 0.6 is 0 Å². The third-order valence-corrected chi connectivity index (χ3v) is 7.72. The van der Waals surface area contributed by atoms with Crippen LogP contribution in [0, 0.1) is 0 Å². The first-order valence-electron chi connectivity index (χ1n) is 10.7. The predicted octanol–water partition coefficient (Wildman–Crippen LogP) is 3.33. The molecule has 0 unspecified atom stereocenters. The molecule has 0 aliphatic carbocycles. The van der Waals surface area contributed by atoms with Crippen LogP contribution in [0.3, 0.4) is 0 Å². The highest BCUT2D eigenvalue weighted by molar-refractivity contribution is 7.89. The van der Waals surface area contributed by atoms with Gasteiger partial charge < -0.3 is 4.57 Å². The summed E-state index contributed by atoms with van der Waals surface area (Å²) in [6.45, 7) is 6.12. The molecule has 0 N–H and O–H groups in total. The number of sulfonamides is 1. The molecule has 1 fully saturated rings. The third-order valence-electron chi connectivity index (χ3n) is 5.76. The van der Waals surface area contributed by atoms with Crippen molar-refractivity contribution in [1.29, 1.82) is 0 Å². The maximum Gasteiger partial charge on any atom is 0.214 e. The maximum absolute atomic E-state index is 12.5. The highest BCUT2D eigenvalue weighted by Gasteiger charge is 2.27. The van der Waals surface area contributed by atoms with Crippen LogP contribution in [0.4, 0.5) is 0 Å². The molecular formula is C23H30N4O2S. The minimum Gasteiger partial charge on any atom is -0.322 e. The molecule has 0 atom stereocenters. The summed E-state index contributed by atoms with van der Waals surface area (Å²) in [7, 11) is -3.13. The van der Waals surface area contributed by atoms with Crippen LogP contribution in [0.5, 0.6) is 0 Å². The lowest BCUT2D eigenvalue weighted by molar-refractivity contribution is 0.176. The van der Waals surface area contributed by atoms with Crippen LogP contribution in [0.25, 0.3) is 11.0 Å². The predicted molar refractivity (Wildman–Crippen MR) is 121 cm³/mol. The fraction of sp³-hybridized carbons (Fsp3) is 0.435. The van der Waals surface area contributed by atoms with Gasteiger partial charge in [0.1, 0.15) is 5.82 Å². The summed E-state index contributed by atoms with van der Waals surface area (Å²) in [5.74, 6) is 1.29. The first-order valence-corrected chi connectivity index (χ1v) is 12.4. The van der Waals surface area contributed by atoms with E-state index in [9.17, 15) is 8.42 Å². The topological polar surface area (TPSA) is 58.4 Å². The number of imidazole rings is 1. The van der Waals surface area contributed by atoms with Gasteiger partial charge in [-0.2, -0.15) is 4.31 Å². The second-order valence-corrected chi connectivity index (χ2v) is 10.0. The summed E-state index contributed by atoms with van der Waals surface area (Å²) in [4.78, 5) is 7.21. The number of piperazine rings is 1. The number of nitrogens with zero attached hydrogens (tertiary/aromatic N) is 4. The Hall–Kier alpha value is -2.22. The van der Waals surface area contributed by atoms with Crippen LogP contribution < -0.4 is 0 Å². The number of hydrogen-bond donors (Lipinski definition) is 0. The Labute approximate surface area is 179 Å². The lowest BCUT2D eigenvalue weighted by Gasteiger charge is -2.33. The Balaban J connectivity index is 1.49. The molecular weight excluding hydrogens is 396 g/mol. The Kier molecular flexibility index (Phi) is 6.51. The number of para-hydroxylation sites is 2. The van der Waals surface area contributed by atoms with Crippen molar-refractivity contribution in [3.8, 4) is 0 Å². The Bertz CT molecular complexity index is 1070. The zero-order valence-electron chi connectivity index (χ0n) is 17.6. The second kappa shape index (κ2) is 9.29. The third kappa shape index (κ3) is 4.74. The molecule has 0 spiro atoms. The van der Waals surface area contributed by atoms with Crippen LogP contribution in [0.15, 0.2) is 54.6 Å². The molecule has 1 saturated heterocycles. The molecule has 0 amide bonds. The quantitative estimate of drug-likeness (QED) is 0.554. The van der Waals surface area contributed by atoms with E-state index in [1.54, 1.807) is 4.31 Å². The van der Waals surface area contributed by atoms with Crippen LogP contribution in [-0.4, -0.2) is 59.1 Å². The largest absolute Gasteiger partial charge is 0.322 e. The summed E-state index contributed by atoms with van der Waals surface area (Å²) < 4.78 is 28.9. The fourth-order valence-electron chi connectivity index (χ4n) is 4.01. The van der Waals surface area contributed by atoms with Gasteiger partial charge in [0, 0.05) is 32.7 Å². The van der Waals surface area contributed by atoms with E-state index in [0.29, 0.717) is 13.1 Å². The van der Waals surface area contributed by atoms with Crippen molar-refractivity contribution in [2.75, 3.05) is 31.9 Å². The van der Waals surface area contributed by atoms with Gasteiger partial charge in [0.2, 0.25) is 10.0 Å². The Morgan fingerprint density at radius 1 is 0.900 bits per heavy atom. The monoisotopic (exact) mass is 426 g/mol. The van der Waals surface area contributed by atoms with Gasteiger partial charge in [0.25, 0.3) is 0 Å². The molecule has 1 aliphatic rings. The van der Waals surface area contributed by atoms with Crippen molar-refractivity contribution in [3.63, 3.8) is 0 Å². The number of benzene rings is 2. The molecule has 1 aliphatic heterocycles. The van der Waals surface area contributed by atoms with E-state index in [4.69, 9.17) is 4.98 Å². The second-order valence-electron chi connectivity index (χ2n) is 7.93. The molecule has 7 heteroatoms. The molecule has 2 aromatic carbocycles. The van der Waals surface area contributed by atoms with Crippen molar-refractivity contribution in [3.05, 3.63) is 66.0 Å². The summed E-state index contributed by atoms with van der Waals surface area (Å²) in [5, 5.41) is 0. The van der Waals surface area contributed by atoms with Crippen molar-refractivity contribution < 1.29 is 8.42 Å². The zero-order chi connectivity index (χ0) is 21.0. The molecule has 2 heterocycles. The van der Waals surface area contributed by atoms with Crippen LogP contribution in [0.1, 0.15) is 31.2 Å². The van der Waals surface area contributed by atoms with Crippen molar-refractivity contribution >= 4 is 21.1 Å². The summed E-state index contributed by atoms with van der Waals surface area (Å²) in [6.07, 6.45) is 1.63. The van der Waals surface area contributed by atoms with E-state index in [-0.39, 0.29) is 5.75 Å². The number of aromatic nitrogens is 2. The SMILES string of the molecule is CCCCS(=O)(=O)N1CCN(Cc2nc3ccccc3n2Cc2ccccc2)CC1. The molecule has 30 heavy (non-hydrogen) atoms. The smallest absolute Gasteiger partial charge is 0.214 e. The van der Waals surface area contributed by atoms with Gasteiger partial charge in [0.05, 0.1) is 23.3 Å².